The Morgan fingerprint density at radius 2 is 1.78 bits per heavy atom. The molecule has 2 aromatic rings. The van der Waals surface area contributed by atoms with Crippen molar-refractivity contribution in [3.63, 3.8) is 0 Å². The Labute approximate surface area is 134 Å². The third-order valence-corrected chi connectivity index (χ3v) is 3.26. The third kappa shape index (κ3) is 5.14. The van der Waals surface area contributed by atoms with Crippen molar-refractivity contribution in [1.29, 1.82) is 0 Å². The fraction of sp³-hybridized carbons (Fsp3) is 0.222. The van der Waals surface area contributed by atoms with Crippen molar-refractivity contribution in [1.82, 2.24) is 0 Å². The van der Waals surface area contributed by atoms with E-state index in [9.17, 15) is 14.7 Å². The molecule has 0 atom stereocenters. The van der Waals surface area contributed by atoms with Gasteiger partial charge < -0.3 is 15.2 Å². The minimum Gasteiger partial charge on any atom is -0.506 e. The number of para-hydroxylation sites is 2. The van der Waals surface area contributed by atoms with Crippen LogP contribution in [0.2, 0.25) is 0 Å². The summed E-state index contributed by atoms with van der Waals surface area (Å²) in [5.41, 5.74) is 1.04. The number of ether oxygens (including phenoxy) is 1. The maximum Gasteiger partial charge on any atom is 0.224 e. The second-order valence-electron chi connectivity index (χ2n) is 5.10. The molecule has 0 saturated heterocycles. The molecule has 0 spiro atoms. The van der Waals surface area contributed by atoms with E-state index in [1.165, 1.54) is 13.0 Å². The Hall–Kier alpha value is -2.82. The average Bonchev–Trinajstić information content (AvgIpc) is 2.54. The van der Waals surface area contributed by atoms with E-state index in [0.717, 1.165) is 0 Å². The van der Waals surface area contributed by atoms with Crippen LogP contribution in [0.25, 0.3) is 0 Å². The molecule has 0 aliphatic rings. The van der Waals surface area contributed by atoms with Crippen LogP contribution in [0.4, 0.5) is 5.69 Å². The third-order valence-electron chi connectivity index (χ3n) is 3.26. The quantitative estimate of drug-likeness (QED) is 0.467. The molecule has 5 nitrogen and oxygen atoms in total. The summed E-state index contributed by atoms with van der Waals surface area (Å²) in [5.74, 6) is 0.540. The van der Waals surface area contributed by atoms with Crippen LogP contribution in [0.3, 0.4) is 0 Å². The number of anilines is 1. The van der Waals surface area contributed by atoms with Crippen molar-refractivity contribution in [3.8, 4) is 11.5 Å². The van der Waals surface area contributed by atoms with Gasteiger partial charge in [-0.05, 0) is 49.7 Å². The van der Waals surface area contributed by atoms with Gasteiger partial charge >= 0.3 is 0 Å². The minimum absolute atomic E-state index is 0.0115. The molecule has 0 bridgehead atoms. The Bertz CT molecular complexity index is 680. The maximum atomic E-state index is 11.8. The van der Waals surface area contributed by atoms with Crippen LogP contribution in [0.1, 0.15) is 30.1 Å². The number of ketones is 1. The average molecular weight is 313 g/mol. The number of phenolic OH excluding ortho intramolecular Hbond substituents is 1. The lowest BCUT2D eigenvalue weighted by molar-refractivity contribution is -0.116. The molecule has 5 heteroatoms. The van der Waals surface area contributed by atoms with Crippen molar-refractivity contribution < 1.29 is 19.4 Å². The second kappa shape index (κ2) is 7.98. The Balaban J connectivity index is 1.71. The highest BCUT2D eigenvalue weighted by atomic mass is 16.5. The van der Waals surface area contributed by atoms with Crippen LogP contribution in [0.5, 0.6) is 11.5 Å². The largest absolute Gasteiger partial charge is 0.506 e. The summed E-state index contributed by atoms with van der Waals surface area (Å²) < 4.78 is 5.52. The first-order valence-corrected chi connectivity index (χ1v) is 7.38. The first-order chi connectivity index (χ1) is 11.1. The monoisotopic (exact) mass is 313 g/mol. The fourth-order valence-corrected chi connectivity index (χ4v) is 2.00. The highest BCUT2D eigenvalue weighted by Gasteiger charge is 2.06. The number of nitrogens with one attached hydrogen (secondary N) is 1. The van der Waals surface area contributed by atoms with E-state index < -0.39 is 0 Å². The van der Waals surface area contributed by atoms with E-state index in [4.69, 9.17) is 4.74 Å². The summed E-state index contributed by atoms with van der Waals surface area (Å²) >= 11 is 0. The number of Topliss-reactive ketones (excluding diaryl/α,β-unsaturated/α-hetero) is 1. The fourth-order valence-electron chi connectivity index (χ4n) is 2.00. The standard InChI is InChI=1S/C18H19NO4/c1-13(20)14-8-10-15(11-9-14)23-12-4-7-18(22)19-16-5-2-3-6-17(16)21/h2-3,5-6,8-11,21H,4,7,12H2,1H3,(H,19,22). The SMILES string of the molecule is CC(=O)c1ccc(OCCCC(=O)Nc2ccccc2O)cc1. The van der Waals surface area contributed by atoms with Gasteiger partial charge in [-0.1, -0.05) is 12.1 Å². The lowest BCUT2D eigenvalue weighted by atomic mass is 10.1. The predicted octanol–water partition coefficient (Wildman–Crippen LogP) is 3.39. The van der Waals surface area contributed by atoms with E-state index in [-0.39, 0.29) is 17.4 Å². The van der Waals surface area contributed by atoms with Gasteiger partial charge in [-0.3, -0.25) is 9.59 Å². The Kier molecular flexibility index (Phi) is 5.74. The number of phenols is 1. The molecule has 2 rings (SSSR count). The molecular weight excluding hydrogens is 294 g/mol. The van der Waals surface area contributed by atoms with Gasteiger partial charge in [0, 0.05) is 12.0 Å². The predicted molar refractivity (Wildman–Crippen MR) is 87.9 cm³/mol. The number of benzene rings is 2. The summed E-state index contributed by atoms with van der Waals surface area (Å²) in [5, 5.41) is 12.2. The van der Waals surface area contributed by atoms with Crippen LogP contribution in [-0.2, 0) is 4.79 Å². The second-order valence-corrected chi connectivity index (χ2v) is 5.10. The van der Waals surface area contributed by atoms with Gasteiger partial charge in [-0.15, -0.1) is 0 Å². The lowest BCUT2D eigenvalue weighted by Crippen LogP contribution is -2.12. The maximum absolute atomic E-state index is 11.8. The van der Waals surface area contributed by atoms with E-state index >= 15 is 0 Å². The van der Waals surface area contributed by atoms with Gasteiger partial charge in [0.05, 0.1) is 12.3 Å². The molecule has 0 saturated carbocycles. The van der Waals surface area contributed by atoms with Gasteiger partial charge in [0.1, 0.15) is 11.5 Å². The molecule has 0 aliphatic heterocycles. The van der Waals surface area contributed by atoms with Gasteiger partial charge in [0.2, 0.25) is 5.91 Å². The van der Waals surface area contributed by atoms with Crippen molar-refractivity contribution in [2.45, 2.75) is 19.8 Å². The lowest BCUT2D eigenvalue weighted by Gasteiger charge is -2.08. The van der Waals surface area contributed by atoms with E-state index in [0.29, 0.717) is 36.4 Å². The molecule has 0 fully saturated rings. The molecule has 2 N–H and O–H groups in total. The van der Waals surface area contributed by atoms with Crippen molar-refractivity contribution in [2.75, 3.05) is 11.9 Å². The molecule has 0 aliphatic carbocycles. The first-order valence-electron chi connectivity index (χ1n) is 7.38. The smallest absolute Gasteiger partial charge is 0.224 e. The minimum atomic E-state index is -0.179. The van der Waals surface area contributed by atoms with Gasteiger partial charge in [-0.2, -0.15) is 0 Å². The molecule has 0 unspecified atom stereocenters. The highest BCUT2D eigenvalue weighted by Crippen LogP contribution is 2.21. The van der Waals surface area contributed by atoms with Gasteiger partial charge in [0.15, 0.2) is 5.78 Å². The molecule has 0 heterocycles. The first kappa shape index (κ1) is 16.5. The van der Waals surface area contributed by atoms with E-state index in [1.54, 1.807) is 42.5 Å². The molecule has 1 amide bonds. The van der Waals surface area contributed by atoms with Crippen LogP contribution in [0.15, 0.2) is 48.5 Å². The highest BCUT2D eigenvalue weighted by molar-refractivity contribution is 5.94. The molecule has 2 aromatic carbocycles. The van der Waals surface area contributed by atoms with Crippen LogP contribution in [-0.4, -0.2) is 23.4 Å². The summed E-state index contributed by atoms with van der Waals surface area (Å²) in [6.45, 7) is 1.91. The van der Waals surface area contributed by atoms with E-state index in [1.807, 2.05) is 0 Å². The number of hydrogen-bond acceptors (Lipinski definition) is 4. The summed E-state index contributed by atoms with van der Waals surface area (Å²) in [6.07, 6.45) is 0.841. The van der Waals surface area contributed by atoms with E-state index in [2.05, 4.69) is 5.32 Å². The molecule has 120 valence electrons. The topological polar surface area (TPSA) is 75.6 Å². The number of amides is 1. The van der Waals surface area contributed by atoms with Gasteiger partial charge in [0.25, 0.3) is 0 Å². The Morgan fingerprint density at radius 3 is 2.43 bits per heavy atom. The van der Waals surface area contributed by atoms with Crippen LogP contribution >= 0.6 is 0 Å². The number of rotatable bonds is 7. The van der Waals surface area contributed by atoms with Crippen molar-refractivity contribution in [3.05, 3.63) is 54.1 Å². The summed E-state index contributed by atoms with van der Waals surface area (Å²) in [4.78, 5) is 22.9. The molecule has 23 heavy (non-hydrogen) atoms. The Morgan fingerprint density at radius 1 is 1.09 bits per heavy atom. The van der Waals surface area contributed by atoms with Crippen LogP contribution < -0.4 is 10.1 Å². The summed E-state index contributed by atoms with van der Waals surface area (Å²) in [7, 11) is 0. The summed E-state index contributed by atoms with van der Waals surface area (Å²) in [6, 6.07) is 13.5. The zero-order valence-electron chi connectivity index (χ0n) is 12.9. The zero-order valence-corrected chi connectivity index (χ0v) is 12.9. The number of hydrogen-bond donors (Lipinski definition) is 2. The van der Waals surface area contributed by atoms with Crippen molar-refractivity contribution in [2.24, 2.45) is 0 Å². The zero-order chi connectivity index (χ0) is 16.7. The normalized spacial score (nSPS) is 10.1. The molecule has 0 aromatic heterocycles. The molecular formula is C18H19NO4. The van der Waals surface area contributed by atoms with Gasteiger partial charge in [-0.25, -0.2) is 0 Å². The van der Waals surface area contributed by atoms with Crippen LogP contribution in [0, 0.1) is 0 Å². The number of carbonyl (C=O) groups excluding carboxylic acids is 2. The molecule has 0 radical (unpaired) electrons. The number of aromatic hydroxyl groups is 1. The van der Waals surface area contributed by atoms with Crippen molar-refractivity contribution >= 4 is 17.4 Å². The number of carbonyl (C=O) groups is 2.